The summed E-state index contributed by atoms with van der Waals surface area (Å²) in [7, 11) is 0. The van der Waals surface area contributed by atoms with Crippen molar-refractivity contribution in [3.8, 4) is 6.07 Å². The van der Waals surface area contributed by atoms with Gasteiger partial charge in [-0.25, -0.2) is 0 Å². The van der Waals surface area contributed by atoms with Gasteiger partial charge in [0.15, 0.2) is 0 Å². The second-order valence-electron chi connectivity index (χ2n) is 2.71. The van der Waals surface area contributed by atoms with E-state index in [4.69, 9.17) is 10.7 Å². The van der Waals surface area contributed by atoms with Crippen molar-refractivity contribution in [3.05, 3.63) is 11.3 Å². The fourth-order valence-corrected chi connectivity index (χ4v) is 2.60. The first-order valence-electron chi connectivity index (χ1n) is 3.52. The minimum atomic E-state index is -0.114. The first kappa shape index (κ1) is 7.50. The number of fused-ring (bicyclic) bond motifs is 1. The maximum Gasteiger partial charge on any atom is 0.143 e. The number of aliphatic hydroxyl groups excluding tert-OH is 1. The molecule has 2 rings (SSSR count). The van der Waals surface area contributed by atoms with Crippen LogP contribution in [0.3, 0.4) is 0 Å². The van der Waals surface area contributed by atoms with Crippen molar-refractivity contribution in [3.63, 3.8) is 0 Å². The van der Waals surface area contributed by atoms with Crippen molar-refractivity contribution in [1.29, 1.82) is 10.7 Å². The van der Waals surface area contributed by atoms with Gasteiger partial charge in [-0.05, 0) is 0 Å². The third kappa shape index (κ3) is 0.756. The van der Waals surface area contributed by atoms with E-state index in [9.17, 15) is 5.11 Å². The summed E-state index contributed by atoms with van der Waals surface area (Å²) in [6.07, 6.45) is 0. The third-order valence-electron chi connectivity index (χ3n) is 2.09. The summed E-state index contributed by atoms with van der Waals surface area (Å²) in [4.78, 5) is 1.75. The van der Waals surface area contributed by atoms with Gasteiger partial charge in [0, 0.05) is 5.75 Å². The summed E-state index contributed by atoms with van der Waals surface area (Å²) in [6.45, 7) is 0. The van der Waals surface area contributed by atoms with Crippen LogP contribution in [0.2, 0.25) is 0 Å². The molecule has 2 N–H and O–H groups in total. The summed E-state index contributed by atoms with van der Waals surface area (Å²) in [5.74, 6) is 1.73. The molecule has 2 aliphatic rings. The van der Waals surface area contributed by atoms with Gasteiger partial charge in [0.1, 0.15) is 23.2 Å². The lowest BCUT2D eigenvalue weighted by Crippen LogP contribution is -2.30. The van der Waals surface area contributed by atoms with Gasteiger partial charge in [-0.2, -0.15) is 5.26 Å². The normalized spacial score (nSPS) is 27.8. The summed E-state index contributed by atoms with van der Waals surface area (Å²) in [6, 6.07) is 1.73. The number of amidine groups is 1. The van der Waals surface area contributed by atoms with Crippen molar-refractivity contribution < 1.29 is 5.11 Å². The predicted octanol–water partition coefficient (Wildman–Crippen LogP) is 0.688. The first-order chi connectivity index (χ1) is 5.75. The van der Waals surface area contributed by atoms with Crippen LogP contribution in [0.1, 0.15) is 0 Å². The van der Waals surface area contributed by atoms with E-state index in [1.807, 2.05) is 6.07 Å². The first-order valence-corrected chi connectivity index (χ1v) is 4.67. The largest absolute Gasteiger partial charge is 0.509 e. The molecular weight excluding hydrogens is 174 g/mol. The number of nitriles is 1. The standard InChI is InChI=1S/C7H7N3OS/c8-1-4-6(11)5-2-12-3-10(5)7(4)9/h5,9,11H,2-3H2/t5-/m1/s1. The molecule has 0 aromatic rings. The molecule has 0 bridgehead atoms. The minimum absolute atomic E-state index is 0.0764. The average Bonchev–Trinajstić information content (AvgIpc) is 2.58. The molecule has 4 nitrogen and oxygen atoms in total. The predicted molar refractivity (Wildman–Crippen MR) is 45.9 cm³/mol. The Bertz CT molecular complexity index is 317. The number of nitrogens with zero attached hydrogens (tertiary/aromatic N) is 2. The fraction of sp³-hybridized carbons (Fsp3) is 0.429. The lowest BCUT2D eigenvalue weighted by molar-refractivity contribution is 0.318. The van der Waals surface area contributed by atoms with Crippen LogP contribution < -0.4 is 0 Å². The van der Waals surface area contributed by atoms with E-state index in [1.165, 1.54) is 0 Å². The molecule has 2 aliphatic heterocycles. The van der Waals surface area contributed by atoms with Gasteiger partial charge in [-0.3, -0.25) is 5.41 Å². The van der Waals surface area contributed by atoms with Gasteiger partial charge >= 0.3 is 0 Å². The number of hydrogen-bond acceptors (Lipinski definition) is 4. The zero-order valence-corrected chi connectivity index (χ0v) is 7.06. The Hall–Kier alpha value is -1.15. The van der Waals surface area contributed by atoms with Gasteiger partial charge in [-0.15, -0.1) is 11.8 Å². The Morgan fingerprint density at radius 1 is 1.75 bits per heavy atom. The fourth-order valence-electron chi connectivity index (χ4n) is 1.43. The summed E-state index contributed by atoms with van der Waals surface area (Å²) < 4.78 is 0. The van der Waals surface area contributed by atoms with Crippen molar-refractivity contribution in [2.75, 3.05) is 11.6 Å². The Morgan fingerprint density at radius 3 is 3.08 bits per heavy atom. The molecule has 0 aromatic carbocycles. The van der Waals surface area contributed by atoms with E-state index in [-0.39, 0.29) is 23.2 Å². The molecule has 62 valence electrons. The number of hydrogen-bond donors (Lipinski definition) is 2. The zero-order valence-electron chi connectivity index (χ0n) is 6.24. The van der Waals surface area contributed by atoms with Gasteiger partial charge in [0.2, 0.25) is 0 Å². The van der Waals surface area contributed by atoms with Crippen LogP contribution in [0.25, 0.3) is 0 Å². The lowest BCUT2D eigenvalue weighted by Gasteiger charge is -2.15. The smallest absolute Gasteiger partial charge is 0.143 e. The van der Waals surface area contributed by atoms with E-state index in [0.717, 1.165) is 5.75 Å². The monoisotopic (exact) mass is 181 g/mol. The minimum Gasteiger partial charge on any atom is -0.509 e. The second-order valence-corrected chi connectivity index (χ2v) is 3.71. The van der Waals surface area contributed by atoms with Gasteiger partial charge in [0.05, 0.1) is 11.9 Å². The number of aliphatic hydroxyl groups is 1. The molecule has 0 radical (unpaired) electrons. The molecule has 0 aliphatic carbocycles. The van der Waals surface area contributed by atoms with Crippen molar-refractivity contribution in [2.24, 2.45) is 0 Å². The molecule has 1 fully saturated rings. The summed E-state index contributed by atoms with van der Waals surface area (Å²) in [5, 5.41) is 25.6. The molecule has 5 heteroatoms. The molecule has 0 spiro atoms. The van der Waals surface area contributed by atoms with Gasteiger partial charge in [0.25, 0.3) is 0 Å². The van der Waals surface area contributed by atoms with Crippen LogP contribution in [0.5, 0.6) is 0 Å². The van der Waals surface area contributed by atoms with E-state index in [0.29, 0.717) is 5.88 Å². The van der Waals surface area contributed by atoms with E-state index >= 15 is 0 Å². The number of thioether (sulfide) groups is 1. The summed E-state index contributed by atoms with van der Waals surface area (Å²) in [5.41, 5.74) is 0.139. The van der Waals surface area contributed by atoms with Crippen molar-refractivity contribution in [2.45, 2.75) is 6.04 Å². The Balaban J connectivity index is 2.42. The lowest BCUT2D eigenvalue weighted by atomic mass is 10.2. The average molecular weight is 181 g/mol. The maximum atomic E-state index is 9.49. The molecule has 0 unspecified atom stereocenters. The highest BCUT2D eigenvalue weighted by Crippen LogP contribution is 2.33. The van der Waals surface area contributed by atoms with Crippen molar-refractivity contribution in [1.82, 2.24) is 4.90 Å². The SMILES string of the molecule is N#CC1=C(O)[C@H]2CSCN2C1=N. The number of nitrogens with one attached hydrogen (secondary N) is 1. The van der Waals surface area contributed by atoms with E-state index in [2.05, 4.69) is 0 Å². The quantitative estimate of drug-likeness (QED) is 0.576. The molecule has 1 atom stereocenters. The zero-order chi connectivity index (χ0) is 8.72. The van der Waals surface area contributed by atoms with Crippen molar-refractivity contribution >= 4 is 17.6 Å². The highest BCUT2D eigenvalue weighted by molar-refractivity contribution is 7.99. The Morgan fingerprint density at radius 2 is 2.50 bits per heavy atom. The molecule has 0 saturated carbocycles. The van der Waals surface area contributed by atoms with E-state index < -0.39 is 0 Å². The highest BCUT2D eigenvalue weighted by atomic mass is 32.2. The molecule has 2 heterocycles. The topological polar surface area (TPSA) is 71.1 Å². The van der Waals surface area contributed by atoms with Gasteiger partial charge < -0.3 is 10.0 Å². The van der Waals surface area contributed by atoms with Crippen LogP contribution >= 0.6 is 11.8 Å². The maximum absolute atomic E-state index is 9.49. The van der Waals surface area contributed by atoms with Gasteiger partial charge in [-0.1, -0.05) is 0 Å². The molecule has 1 saturated heterocycles. The van der Waals surface area contributed by atoms with Crippen LogP contribution in [0.4, 0.5) is 0 Å². The Labute approximate surface area is 74.0 Å². The third-order valence-corrected chi connectivity index (χ3v) is 3.10. The van der Waals surface area contributed by atoms with Crippen LogP contribution in [0, 0.1) is 16.7 Å². The van der Waals surface area contributed by atoms with Crippen LogP contribution in [-0.2, 0) is 0 Å². The summed E-state index contributed by atoms with van der Waals surface area (Å²) >= 11 is 1.67. The molecule has 0 amide bonds. The van der Waals surface area contributed by atoms with E-state index in [1.54, 1.807) is 16.7 Å². The molecular formula is C7H7N3OS. The molecule has 12 heavy (non-hydrogen) atoms. The number of rotatable bonds is 0. The van der Waals surface area contributed by atoms with Crippen LogP contribution in [0.15, 0.2) is 11.3 Å². The van der Waals surface area contributed by atoms with Crippen LogP contribution in [-0.4, -0.2) is 33.5 Å². The highest BCUT2D eigenvalue weighted by Gasteiger charge is 2.40. The second kappa shape index (κ2) is 2.42. The molecule has 0 aromatic heterocycles. The Kier molecular flexibility index (Phi) is 1.51.